The van der Waals surface area contributed by atoms with Gasteiger partial charge in [0.2, 0.25) is 0 Å². The third kappa shape index (κ3) is 1.54. The van der Waals surface area contributed by atoms with Gasteiger partial charge in [0, 0.05) is 0 Å². The van der Waals surface area contributed by atoms with E-state index in [1.165, 1.54) is 32.1 Å². The molecule has 0 radical (unpaired) electrons. The van der Waals surface area contributed by atoms with Crippen molar-refractivity contribution in [3.8, 4) is 0 Å². The van der Waals surface area contributed by atoms with Crippen molar-refractivity contribution in [3.05, 3.63) is 0 Å². The second-order valence-electron chi connectivity index (χ2n) is 7.80. The average molecular weight is 236 g/mol. The molecule has 98 valence electrons. The van der Waals surface area contributed by atoms with Crippen molar-refractivity contribution in [3.63, 3.8) is 0 Å². The van der Waals surface area contributed by atoms with Gasteiger partial charge in [0.15, 0.2) is 0 Å². The SMILES string of the molecule is CC1(C)[C@H]2CC[C@@]1(C)[C@@H]([C@@H]1CCC[C@H](O)C1)C2. The van der Waals surface area contributed by atoms with E-state index in [0.717, 1.165) is 30.6 Å². The second kappa shape index (κ2) is 3.73. The van der Waals surface area contributed by atoms with Crippen LogP contribution in [0.3, 0.4) is 0 Å². The second-order valence-corrected chi connectivity index (χ2v) is 7.80. The van der Waals surface area contributed by atoms with Crippen LogP contribution >= 0.6 is 0 Å². The molecule has 0 aromatic rings. The van der Waals surface area contributed by atoms with Gasteiger partial charge in [0.1, 0.15) is 0 Å². The van der Waals surface area contributed by atoms with Crippen LogP contribution in [-0.4, -0.2) is 11.2 Å². The lowest BCUT2D eigenvalue weighted by atomic mass is 9.61. The molecule has 5 atom stereocenters. The highest BCUT2D eigenvalue weighted by Gasteiger charge is 2.62. The number of hydrogen-bond donors (Lipinski definition) is 1. The van der Waals surface area contributed by atoms with Crippen LogP contribution in [0.2, 0.25) is 0 Å². The van der Waals surface area contributed by atoms with Gasteiger partial charge in [-0.1, -0.05) is 27.2 Å². The topological polar surface area (TPSA) is 20.2 Å². The Morgan fingerprint density at radius 2 is 1.76 bits per heavy atom. The zero-order chi connectivity index (χ0) is 12.3. The zero-order valence-electron chi connectivity index (χ0n) is 11.7. The quantitative estimate of drug-likeness (QED) is 0.729. The monoisotopic (exact) mass is 236 g/mol. The van der Waals surface area contributed by atoms with Crippen LogP contribution in [0.15, 0.2) is 0 Å². The van der Waals surface area contributed by atoms with Gasteiger partial charge in [-0.2, -0.15) is 0 Å². The van der Waals surface area contributed by atoms with Crippen molar-refractivity contribution in [1.82, 2.24) is 0 Å². The van der Waals surface area contributed by atoms with Crippen molar-refractivity contribution in [2.45, 2.75) is 71.8 Å². The maximum Gasteiger partial charge on any atom is 0.0543 e. The summed E-state index contributed by atoms with van der Waals surface area (Å²) in [7, 11) is 0. The first-order chi connectivity index (χ1) is 7.95. The summed E-state index contributed by atoms with van der Waals surface area (Å²) >= 11 is 0. The summed E-state index contributed by atoms with van der Waals surface area (Å²) in [5.74, 6) is 2.66. The van der Waals surface area contributed by atoms with Crippen molar-refractivity contribution in [1.29, 1.82) is 0 Å². The van der Waals surface area contributed by atoms with E-state index < -0.39 is 0 Å². The molecule has 0 amide bonds. The lowest BCUT2D eigenvalue weighted by molar-refractivity contribution is 0.0168. The number of hydrogen-bond acceptors (Lipinski definition) is 1. The Kier molecular flexibility index (Phi) is 2.63. The third-order valence-electron chi connectivity index (χ3n) is 7.12. The molecule has 3 aliphatic rings. The predicted octanol–water partition coefficient (Wildman–Crippen LogP) is 4.00. The Morgan fingerprint density at radius 1 is 1.00 bits per heavy atom. The van der Waals surface area contributed by atoms with E-state index in [1.54, 1.807) is 0 Å². The van der Waals surface area contributed by atoms with Crippen molar-refractivity contribution < 1.29 is 5.11 Å². The van der Waals surface area contributed by atoms with E-state index in [0.29, 0.717) is 10.8 Å². The Morgan fingerprint density at radius 3 is 2.29 bits per heavy atom. The Hall–Kier alpha value is -0.0400. The molecule has 1 nitrogen and oxygen atoms in total. The van der Waals surface area contributed by atoms with Crippen molar-refractivity contribution in [2.24, 2.45) is 28.6 Å². The molecule has 0 unspecified atom stereocenters. The first-order valence-corrected chi connectivity index (χ1v) is 7.63. The smallest absolute Gasteiger partial charge is 0.0543 e. The molecule has 2 bridgehead atoms. The van der Waals surface area contributed by atoms with Crippen LogP contribution < -0.4 is 0 Å². The molecule has 0 aliphatic heterocycles. The number of fused-ring (bicyclic) bond motifs is 2. The first-order valence-electron chi connectivity index (χ1n) is 7.63. The summed E-state index contributed by atoms with van der Waals surface area (Å²) < 4.78 is 0. The van der Waals surface area contributed by atoms with E-state index in [-0.39, 0.29) is 6.10 Å². The highest BCUT2D eigenvalue weighted by atomic mass is 16.3. The molecule has 17 heavy (non-hydrogen) atoms. The minimum atomic E-state index is -0.000381. The molecule has 3 saturated carbocycles. The third-order valence-corrected chi connectivity index (χ3v) is 7.12. The minimum absolute atomic E-state index is 0.000381. The first kappa shape index (κ1) is 12.0. The lowest BCUT2D eigenvalue weighted by Gasteiger charge is -2.44. The summed E-state index contributed by atoms with van der Waals surface area (Å²) in [6.45, 7) is 7.56. The largest absolute Gasteiger partial charge is 0.393 e. The Labute approximate surface area is 106 Å². The average Bonchev–Trinajstić information content (AvgIpc) is 2.61. The summed E-state index contributed by atoms with van der Waals surface area (Å²) in [5.41, 5.74) is 1.10. The fourth-order valence-electron chi connectivity index (χ4n) is 5.54. The van der Waals surface area contributed by atoms with Gasteiger partial charge in [0.25, 0.3) is 0 Å². The van der Waals surface area contributed by atoms with Gasteiger partial charge in [-0.05, 0) is 67.1 Å². The molecule has 0 saturated heterocycles. The van der Waals surface area contributed by atoms with Crippen LogP contribution in [0.4, 0.5) is 0 Å². The van der Waals surface area contributed by atoms with Crippen molar-refractivity contribution >= 4 is 0 Å². The molecular weight excluding hydrogens is 208 g/mol. The molecule has 0 aromatic heterocycles. The maximum atomic E-state index is 9.92. The standard InChI is InChI=1S/C16H28O/c1-15(2)12-7-8-16(15,3)14(10-12)11-5-4-6-13(17)9-11/h11-14,17H,4-10H2,1-3H3/t11-,12+,13+,14-,16+/m1/s1. The lowest BCUT2D eigenvalue weighted by Crippen LogP contribution is -2.38. The van der Waals surface area contributed by atoms with Gasteiger partial charge in [-0.3, -0.25) is 0 Å². The molecule has 3 aliphatic carbocycles. The number of aliphatic hydroxyl groups excluding tert-OH is 1. The van der Waals surface area contributed by atoms with E-state index in [2.05, 4.69) is 20.8 Å². The van der Waals surface area contributed by atoms with Crippen molar-refractivity contribution in [2.75, 3.05) is 0 Å². The highest BCUT2D eigenvalue weighted by Crippen LogP contribution is 2.70. The summed E-state index contributed by atoms with van der Waals surface area (Å²) in [4.78, 5) is 0. The van der Waals surface area contributed by atoms with E-state index in [1.807, 2.05) is 0 Å². The Balaban J connectivity index is 1.82. The molecular formula is C16H28O. The fourth-order valence-corrected chi connectivity index (χ4v) is 5.54. The van der Waals surface area contributed by atoms with Gasteiger partial charge in [-0.15, -0.1) is 0 Å². The molecule has 3 rings (SSSR count). The zero-order valence-corrected chi connectivity index (χ0v) is 11.7. The van der Waals surface area contributed by atoms with Crippen LogP contribution in [0.1, 0.15) is 65.7 Å². The molecule has 0 spiro atoms. The molecule has 3 fully saturated rings. The van der Waals surface area contributed by atoms with Crippen LogP contribution in [0, 0.1) is 28.6 Å². The van der Waals surface area contributed by atoms with Crippen LogP contribution in [0.5, 0.6) is 0 Å². The van der Waals surface area contributed by atoms with Gasteiger partial charge in [0.05, 0.1) is 6.10 Å². The molecule has 1 heteroatoms. The normalized spacial score (nSPS) is 52.9. The maximum absolute atomic E-state index is 9.92. The van der Waals surface area contributed by atoms with E-state index in [9.17, 15) is 5.11 Å². The fraction of sp³-hybridized carbons (Fsp3) is 1.00. The highest BCUT2D eigenvalue weighted by molar-refractivity contribution is 5.11. The molecule has 0 aromatic carbocycles. The molecule has 1 N–H and O–H groups in total. The van der Waals surface area contributed by atoms with E-state index >= 15 is 0 Å². The van der Waals surface area contributed by atoms with Crippen LogP contribution in [0.25, 0.3) is 0 Å². The summed E-state index contributed by atoms with van der Waals surface area (Å²) in [6.07, 6.45) is 9.09. The minimum Gasteiger partial charge on any atom is -0.393 e. The van der Waals surface area contributed by atoms with Crippen LogP contribution in [-0.2, 0) is 0 Å². The number of aliphatic hydroxyl groups is 1. The van der Waals surface area contributed by atoms with E-state index in [4.69, 9.17) is 0 Å². The summed E-state index contributed by atoms with van der Waals surface area (Å²) in [5, 5.41) is 9.92. The van der Waals surface area contributed by atoms with Gasteiger partial charge in [-0.25, -0.2) is 0 Å². The predicted molar refractivity (Wildman–Crippen MR) is 70.7 cm³/mol. The number of rotatable bonds is 1. The van der Waals surface area contributed by atoms with Gasteiger partial charge < -0.3 is 5.11 Å². The Bertz CT molecular complexity index is 309. The summed E-state index contributed by atoms with van der Waals surface area (Å²) in [6, 6.07) is 0. The molecule has 0 heterocycles. The van der Waals surface area contributed by atoms with Gasteiger partial charge >= 0.3 is 0 Å².